The van der Waals surface area contributed by atoms with Crippen molar-refractivity contribution >= 4 is 0 Å². The number of hydrogen-bond acceptors (Lipinski definition) is 0. The molecule has 0 heterocycles. The van der Waals surface area contributed by atoms with E-state index in [1.165, 1.54) is 40.7 Å². The first-order valence-electron chi connectivity index (χ1n) is 11.0. The van der Waals surface area contributed by atoms with E-state index in [0.717, 1.165) is 0 Å². The molecule has 0 nitrogen and oxygen atoms in total. The summed E-state index contributed by atoms with van der Waals surface area (Å²) in [6.07, 6.45) is 2.44. The van der Waals surface area contributed by atoms with Crippen molar-refractivity contribution in [1.82, 2.24) is 0 Å². The Kier molecular flexibility index (Phi) is 6.14. The summed E-state index contributed by atoms with van der Waals surface area (Å²) < 4.78 is 0. The molecule has 0 aliphatic carbocycles. The van der Waals surface area contributed by atoms with Gasteiger partial charge in [0.1, 0.15) is 0 Å². The molecule has 4 aromatic rings. The first kappa shape index (κ1) is 20.2. The molecule has 0 saturated carbocycles. The number of benzene rings is 4. The maximum atomic E-state index is 2.34. The highest BCUT2D eigenvalue weighted by molar-refractivity contribution is 5.59. The van der Waals surface area contributed by atoms with Crippen molar-refractivity contribution in [3.63, 3.8) is 0 Å². The minimum Gasteiger partial charge on any atom is -0.0654 e. The van der Waals surface area contributed by atoms with Crippen molar-refractivity contribution in [3.8, 4) is 0 Å². The first-order chi connectivity index (χ1) is 14.8. The zero-order valence-corrected chi connectivity index (χ0v) is 18.0. The second-order valence-electron chi connectivity index (χ2n) is 8.16. The van der Waals surface area contributed by atoms with Crippen LogP contribution >= 0.6 is 0 Å². The second-order valence-corrected chi connectivity index (χ2v) is 8.16. The Morgan fingerprint density at radius 3 is 1.27 bits per heavy atom. The Balaban J connectivity index is 1.98. The van der Waals surface area contributed by atoms with Gasteiger partial charge >= 0.3 is 0 Å². The van der Waals surface area contributed by atoms with Crippen LogP contribution in [0.2, 0.25) is 0 Å². The Morgan fingerprint density at radius 1 is 0.533 bits per heavy atom. The molecule has 0 fully saturated rings. The summed E-state index contributed by atoms with van der Waals surface area (Å²) in [6, 6.07) is 42.1. The maximum absolute atomic E-state index is 2.34. The Morgan fingerprint density at radius 2 is 0.900 bits per heavy atom. The van der Waals surface area contributed by atoms with Gasteiger partial charge in [0.25, 0.3) is 0 Å². The molecule has 0 heteroatoms. The van der Waals surface area contributed by atoms with E-state index in [1.807, 2.05) is 0 Å². The van der Waals surface area contributed by atoms with Crippen molar-refractivity contribution in [2.24, 2.45) is 0 Å². The predicted octanol–water partition coefficient (Wildman–Crippen LogP) is 7.97. The number of hydrogen-bond donors (Lipinski definition) is 0. The Bertz CT molecular complexity index is 935. The summed E-state index contributed by atoms with van der Waals surface area (Å²) in [7, 11) is 0. The second kappa shape index (κ2) is 9.13. The SMILES string of the molecule is CCCC(C)c1ccc(C(c2ccccc2)(c2ccccc2)c2ccccc2)cc1. The molecule has 0 spiro atoms. The van der Waals surface area contributed by atoms with E-state index in [9.17, 15) is 0 Å². The molecular formula is C30H30. The largest absolute Gasteiger partial charge is 0.0701 e. The van der Waals surface area contributed by atoms with Crippen LogP contribution in [0.5, 0.6) is 0 Å². The molecule has 0 aromatic heterocycles. The van der Waals surface area contributed by atoms with Crippen LogP contribution in [0.3, 0.4) is 0 Å². The highest BCUT2D eigenvalue weighted by atomic mass is 14.4. The molecule has 0 N–H and O–H groups in total. The molecule has 0 saturated heterocycles. The van der Waals surface area contributed by atoms with Crippen LogP contribution < -0.4 is 0 Å². The molecule has 30 heavy (non-hydrogen) atoms. The van der Waals surface area contributed by atoms with Gasteiger partial charge in [-0.1, -0.05) is 136 Å². The standard InChI is InChI=1S/C30H30/c1-3-13-24(2)25-20-22-29(23-21-25)30(26-14-7-4-8-15-26,27-16-9-5-10-17-27)28-18-11-6-12-19-28/h4-12,14-24H,3,13H2,1-2H3. The van der Waals surface area contributed by atoms with E-state index in [1.54, 1.807) is 0 Å². The van der Waals surface area contributed by atoms with Gasteiger partial charge in [0, 0.05) is 0 Å². The molecule has 4 rings (SSSR count). The van der Waals surface area contributed by atoms with Gasteiger partial charge in [0.15, 0.2) is 0 Å². The minimum absolute atomic E-state index is 0.351. The molecule has 0 amide bonds. The summed E-state index contributed by atoms with van der Waals surface area (Å²) in [6.45, 7) is 4.59. The molecule has 4 aromatic carbocycles. The summed E-state index contributed by atoms with van der Waals surface area (Å²) in [5.74, 6) is 0.587. The lowest BCUT2D eigenvalue weighted by Gasteiger charge is -2.37. The normalized spacial score (nSPS) is 12.5. The third-order valence-electron chi connectivity index (χ3n) is 6.25. The zero-order valence-electron chi connectivity index (χ0n) is 18.0. The average Bonchev–Trinajstić information content (AvgIpc) is 2.82. The molecule has 1 atom stereocenters. The van der Waals surface area contributed by atoms with E-state index in [2.05, 4.69) is 129 Å². The average molecular weight is 391 g/mol. The predicted molar refractivity (Wildman–Crippen MR) is 128 cm³/mol. The molecule has 1 unspecified atom stereocenters. The van der Waals surface area contributed by atoms with E-state index in [4.69, 9.17) is 0 Å². The van der Waals surface area contributed by atoms with Crippen LogP contribution in [0.25, 0.3) is 0 Å². The fourth-order valence-corrected chi connectivity index (χ4v) is 4.73. The maximum Gasteiger partial charge on any atom is 0.0701 e. The van der Waals surface area contributed by atoms with E-state index in [-0.39, 0.29) is 5.41 Å². The smallest absolute Gasteiger partial charge is 0.0654 e. The van der Waals surface area contributed by atoms with Gasteiger partial charge in [-0.15, -0.1) is 0 Å². The van der Waals surface area contributed by atoms with Gasteiger partial charge in [-0.2, -0.15) is 0 Å². The third-order valence-corrected chi connectivity index (χ3v) is 6.25. The molecule has 0 aliphatic heterocycles. The van der Waals surface area contributed by atoms with E-state index in [0.29, 0.717) is 5.92 Å². The van der Waals surface area contributed by atoms with E-state index < -0.39 is 0 Å². The monoisotopic (exact) mass is 390 g/mol. The quantitative estimate of drug-likeness (QED) is 0.281. The van der Waals surface area contributed by atoms with Gasteiger partial charge in [-0.25, -0.2) is 0 Å². The van der Waals surface area contributed by atoms with Crippen LogP contribution in [0, 0.1) is 0 Å². The highest BCUT2D eigenvalue weighted by Crippen LogP contribution is 2.45. The highest BCUT2D eigenvalue weighted by Gasteiger charge is 2.38. The van der Waals surface area contributed by atoms with Gasteiger partial charge in [-0.3, -0.25) is 0 Å². The summed E-state index contributed by atoms with van der Waals surface area (Å²) in [4.78, 5) is 0. The lowest BCUT2D eigenvalue weighted by molar-refractivity contribution is 0.663. The van der Waals surface area contributed by atoms with Gasteiger partial charge in [0.05, 0.1) is 5.41 Å². The Hall–Kier alpha value is -3.12. The molecule has 0 radical (unpaired) electrons. The van der Waals surface area contributed by atoms with Gasteiger partial charge in [0.2, 0.25) is 0 Å². The van der Waals surface area contributed by atoms with Gasteiger partial charge < -0.3 is 0 Å². The van der Waals surface area contributed by atoms with Crippen molar-refractivity contribution in [1.29, 1.82) is 0 Å². The lowest BCUT2D eigenvalue weighted by atomic mass is 9.65. The van der Waals surface area contributed by atoms with Crippen molar-refractivity contribution in [3.05, 3.63) is 143 Å². The third kappa shape index (κ3) is 3.71. The molecule has 0 aliphatic rings. The zero-order chi connectivity index (χ0) is 20.8. The topological polar surface area (TPSA) is 0 Å². The van der Waals surface area contributed by atoms with Crippen LogP contribution in [-0.4, -0.2) is 0 Å². The minimum atomic E-state index is -0.351. The summed E-state index contributed by atoms with van der Waals surface area (Å²) >= 11 is 0. The molecular weight excluding hydrogens is 360 g/mol. The van der Waals surface area contributed by atoms with Crippen LogP contribution in [0.4, 0.5) is 0 Å². The van der Waals surface area contributed by atoms with Crippen LogP contribution in [0.1, 0.15) is 60.4 Å². The van der Waals surface area contributed by atoms with E-state index >= 15 is 0 Å². The first-order valence-corrected chi connectivity index (χ1v) is 11.0. The number of rotatable bonds is 7. The molecule has 150 valence electrons. The van der Waals surface area contributed by atoms with Crippen molar-refractivity contribution < 1.29 is 0 Å². The van der Waals surface area contributed by atoms with Crippen molar-refractivity contribution in [2.75, 3.05) is 0 Å². The van der Waals surface area contributed by atoms with Gasteiger partial charge in [-0.05, 0) is 40.2 Å². The van der Waals surface area contributed by atoms with Crippen LogP contribution in [0.15, 0.2) is 115 Å². The lowest BCUT2D eigenvalue weighted by Crippen LogP contribution is -2.31. The van der Waals surface area contributed by atoms with Crippen LogP contribution in [-0.2, 0) is 5.41 Å². The fraction of sp³-hybridized carbons (Fsp3) is 0.200. The Labute approximate surface area is 181 Å². The summed E-state index contributed by atoms with van der Waals surface area (Å²) in [5, 5.41) is 0. The molecule has 0 bridgehead atoms. The summed E-state index contributed by atoms with van der Waals surface area (Å²) in [5.41, 5.74) is 6.24. The fourth-order valence-electron chi connectivity index (χ4n) is 4.73. The van der Waals surface area contributed by atoms with Crippen molar-refractivity contribution in [2.45, 2.75) is 38.0 Å².